The molecule has 0 aliphatic heterocycles. The topological polar surface area (TPSA) is 50.5 Å². The fourth-order valence-electron chi connectivity index (χ4n) is 2.57. The molecule has 1 saturated carbocycles. The summed E-state index contributed by atoms with van der Waals surface area (Å²) >= 11 is 0. The van der Waals surface area contributed by atoms with E-state index in [4.69, 9.17) is 4.42 Å². The molecule has 0 spiro atoms. The number of ketones is 1. The van der Waals surface area contributed by atoms with Gasteiger partial charge in [0.1, 0.15) is 11.7 Å². The number of hydrogen-bond donors (Lipinski definition) is 0. The average molecular weight is 299 g/mol. The van der Waals surface area contributed by atoms with Crippen LogP contribution in [0.4, 0.5) is 0 Å². The lowest BCUT2D eigenvalue weighted by Crippen LogP contribution is -2.39. The first-order valence-corrected chi connectivity index (χ1v) is 7.44. The Morgan fingerprint density at radius 2 is 2.36 bits per heavy atom. The largest absolute Gasteiger partial charge is 0.465 e. The maximum absolute atomic E-state index is 12.5. The molecule has 1 fully saturated rings. The molecule has 1 unspecified atom stereocenters. The maximum Gasteiger partial charge on any atom is 0.233 e. The Labute approximate surface area is 130 Å². The highest BCUT2D eigenvalue weighted by atomic mass is 16.3. The van der Waals surface area contributed by atoms with Crippen LogP contribution in [-0.4, -0.2) is 30.2 Å². The summed E-state index contributed by atoms with van der Waals surface area (Å²) in [5, 5.41) is 0. The highest BCUT2D eigenvalue weighted by Crippen LogP contribution is 2.26. The van der Waals surface area contributed by atoms with Gasteiger partial charge in [0, 0.05) is 13.6 Å². The molecule has 1 aromatic heterocycles. The molecular weight excluding hydrogens is 278 g/mol. The van der Waals surface area contributed by atoms with Crippen LogP contribution in [0.25, 0.3) is 6.08 Å². The zero-order valence-corrected chi connectivity index (χ0v) is 12.8. The molecule has 1 aromatic rings. The Morgan fingerprint density at radius 1 is 1.55 bits per heavy atom. The van der Waals surface area contributed by atoms with Gasteiger partial charge in [-0.15, -0.1) is 6.58 Å². The number of carbonyl (C=O) groups is 2. The molecule has 0 N–H and O–H groups in total. The van der Waals surface area contributed by atoms with Gasteiger partial charge in [-0.1, -0.05) is 18.2 Å². The third-order valence-corrected chi connectivity index (χ3v) is 3.75. The number of Topliss-reactive ketones (excluding diaryl/α,β-unsaturated/α-hetero) is 1. The normalized spacial score (nSPS) is 20.5. The summed E-state index contributed by atoms with van der Waals surface area (Å²) in [6, 6.07) is 3.65. The van der Waals surface area contributed by atoms with E-state index in [-0.39, 0.29) is 11.7 Å². The first kappa shape index (κ1) is 16.0. The second-order valence-electron chi connectivity index (χ2n) is 5.38. The van der Waals surface area contributed by atoms with E-state index in [9.17, 15) is 9.59 Å². The second kappa shape index (κ2) is 7.59. The third kappa shape index (κ3) is 3.85. The highest BCUT2D eigenvalue weighted by molar-refractivity contribution is 6.10. The van der Waals surface area contributed by atoms with E-state index < -0.39 is 5.92 Å². The predicted molar refractivity (Wildman–Crippen MR) is 86.0 cm³/mol. The van der Waals surface area contributed by atoms with Crippen molar-refractivity contribution in [3.05, 3.63) is 54.5 Å². The van der Waals surface area contributed by atoms with E-state index in [1.165, 1.54) is 0 Å². The fourth-order valence-corrected chi connectivity index (χ4v) is 2.57. The van der Waals surface area contributed by atoms with Crippen LogP contribution in [0.1, 0.15) is 25.0 Å². The number of amides is 1. The SMILES string of the molecule is C=CCN(C)C(=O)C1CCC/C(=C\C=C\c2ccco2)C1=O. The minimum Gasteiger partial charge on any atom is -0.465 e. The van der Waals surface area contributed by atoms with Gasteiger partial charge in [-0.05, 0) is 43.0 Å². The molecule has 4 heteroatoms. The van der Waals surface area contributed by atoms with Crippen LogP contribution < -0.4 is 0 Å². The molecule has 2 rings (SSSR count). The molecule has 0 radical (unpaired) electrons. The number of hydrogen-bond acceptors (Lipinski definition) is 3. The molecule has 1 amide bonds. The summed E-state index contributed by atoms with van der Waals surface area (Å²) in [6.07, 6.45) is 10.8. The predicted octanol–water partition coefficient (Wildman–Crippen LogP) is 3.23. The lowest BCUT2D eigenvalue weighted by atomic mass is 9.83. The molecule has 0 aromatic carbocycles. The smallest absolute Gasteiger partial charge is 0.233 e. The molecule has 116 valence electrons. The van der Waals surface area contributed by atoms with Gasteiger partial charge in [0.25, 0.3) is 0 Å². The molecule has 0 bridgehead atoms. The van der Waals surface area contributed by atoms with Crippen LogP contribution >= 0.6 is 0 Å². The summed E-state index contributed by atoms with van der Waals surface area (Å²) in [7, 11) is 1.70. The molecule has 22 heavy (non-hydrogen) atoms. The molecular formula is C18H21NO3. The minimum atomic E-state index is -0.554. The van der Waals surface area contributed by atoms with Crippen LogP contribution in [0.15, 0.2) is 53.2 Å². The quantitative estimate of drug-likeness (QED) is 0.476. The van der Waals surface area contributed by atoms with Crippen LogP contribution in [-0.2, 0) is 9.59 Å². The number of allylic oxidation sites excluding steroid dienone is 3. The molecule has 1 heterocycles. The van der Waals surface area contributed by atoms with Gasteiger partial charge in [0.05, 0.1) is 6.26 Å². The Bertz CT molecular complexity index is 596. The average Bonchev–Trinajstić information content (AvgIpc) is 3.02. The van der Waals surface area contributed by atoms with E-state index in [0.29, 0.717) is 18.5 Å². The van der Waals surface area contributed by atoms with Crippen molar-refractivity contribution in [2.24, 2.45) is 5.92 Å². The molecule has 0 saturated heterocycles. The molecule has 1 aliphatic rings. The number of carbonyl (C=O) groups excluding carboxylic acids is 2. The Morgan fingerprint density at radius 3 is 3.05 bits per heavy atom. The van der Waals surface area contributed by atoms with Crippen molar-refractivity contribution >= 4 is 17.8 Å². The summed E-state index contributed by atoms with van der Waals surface area (Å²) in [6.45, 7) is 4.08. The maximum atomic E-state index is 12.5. The van der Waals surface area contributed by atoms with Gasteiger partial charge in [-0.25, -0.2) is 0 Å². The standard InChI is InChI=1S/C18H21NO3/c1-3-12-19(2)18(21)16-11-5-8-14(17(16)20)7-4-9-15-10-6-13-22-15/h3-4,6-7,9-10,13,16H,1,5,8,11-12H2,2H3/b9-4+,14-7+. The summed E-state index contributed by atoms with van der Waals surface area (Å²) in [5.74, 6) is 0.00202. The van der Waals surface area contributed by atoms with Gasteiger partial charge in [0.15, 0.2) is 5.78 Å². The van der Waals surface area contributed by atoms with Crippen LogP contribution in [0.3, 0.4) is 0 Å². The summed E-state index contributed by atoms with van der Waals surface area (Å²) < 4.78 is 5.20. The van der Waals surface area contributed by atoms with E-state index in [1.54, 1.807) is 42.5 Å². The van der Waals surface area contributed by atoms with Crippen LogP contribution in [0.5, 0.6) is 0 Å². The highest BCUT2D eigenvalue weighted by Gasteiger charge is 2.33. The van der Waals surface area contributed by atoms with Crippen molar-refractivity contribution < 1.29 is 14.0 Å². The van der Waals surface area contributed by atoms with E-state index in [1.807, 2.05) is 12.1 Å². The first-order valence-electron chi connectivity index (χ1n) is 7.44. The fraction of sp³-hybridized carbons (Fsp3) is 0.333. The number of furan rings is 1. The second-order valence-corrected chi connectivity index (χ2v) is 5.38. The van der Waals surface area contributed by atoms with Gasteiger partial charge >= 0.3 is 0 Å². The Kier molecular flexibility index (Phi) is 5.53. The monoisotopic (exact) mass is 299 g/mol. The lowest BCUT2D eigenvalue weighted by Gasteiger charge is -2.26. The third-order valence-electron chi connectivity index (χ3n) is 3.75. The Balaban J connectivity index is 2.06. The van der Waals surface area contributed by atoms with Crippen LogP contribution in [0.2, 0.25) is 0 Å². The van der Waals surface area contributed by atoms with Crippen molar-refractivity contribution in [3.63, 3.8) is 0 Å². The summed E-state index contributed by atoms with van der Waals surface area (Å²) in [5.41, 5.74) is 0.708. The van der Waals surface area contributed by atoms with E-state index in [2.05, 4.69) is 6.58 Å². The lowest BCUT2D eigenvalue weighted by molar-refractivity contribution is -0.139. The zero-order valence-electron chi connectivity index (χ0n) is 12.8. The minimum absolute atomic E-state index is 0.0590. The number of nitrogens with zero attached hydrogens (tertiary/aromatic N) is 1. The molecule has 1 aliphatic carbocycles. The first-order chi connectivity index (χ1) is 10.6. The van der Waals surface area contributed by atoms with Gasteiger partial charge in [0.2, 0.25) is 5.91 Å². The Hall–Kier alpha value is -2.36. The van der Waals surface area contributed by atoms with Crippen molar-refractivity contribution in [3.8, 4) is 0 Å². The van der Waals surface area contributed by atoms with Crippen LogP contribution in [0, 0.1) is 5.92 Å². The van der Waals surface area contributed by atoms with Crippen molar-refractivity contribution in [2.45, 2.75) is 19.3 Å². The van der Waals surface area contributed by atoms with Crippen molar-refractivity contribution in [1.29, 1.82) is 0 Å². The van der Waals surface area contributed by atoms with Gasteiger partial charge in [-0.3, -0.25) is 9.59 Å². The molecule has 1 atom stereocenters. The van der Waals surface area contributed by atoms with Crippen molar-refractivity contribution in [1.82, 2.24) is 4.90 Å². The van der Waals surface area contributed by atoms with E-state index in [0.717, 1.165) is 18.6 Å². The van der Waals surface area contributed by atoms with Gasteiger partial charge in [-0.2, -0.15) is 0 Å². The van der Waals surface area contributed by atoms with Gasteiger partial charge < -0.3 is 9.32 Å². The van der Waals surface area contributed by atoms with E-state index >= 15 is 0 Å². The van der Waals surface area contributed by atoms with Crippen molar-refractivity contribution in [2.75, 3.05) is 13.6 Å². The number of rotatable bonds is 5. The zero-order chi connectivity index (χ0) is 15.9. The summed E-state index contributed by atoms with van der Waals surface area (Å²) in [4.78, 5) is 26.3. The molecule has 4 nitrogen and oxygen atoms in total. The number of likely N-dealkylation sites (N-methyl/N-ethyl adjacent to an activating group) is 1.